The van der Waals surface area contributed by atoms with E-state index in [2.05, 4.69) is 70.0 Å². The van der Waals surface area contributed by atoms with E-state index < -0.39 is 0 Å². The first-order valence-electron chi connectivity index (χ1n) is 11.3. The molecule has 6 nitrogen and oxygen atoms in total. The molecule has 7 heteroatoms. The summed E-state index contributed by atoms with van der Waals surface area (Å²) in [5, 5.41) is 7.99. The zero-order valence-electron chi connectivity index (χ0n) is 19.3. The second-order valence-corrected chi connectivity index (χ2v) is 8.15. The lowest BCUT2D eigenvalue weighted by Crippen LogP contribution is -2.38. The summed E-state index contributed by atoms with van der Waals surface area (Å²) < 4.78 is 11.8. The van der Waals surface area contributed by atoms with Crippen LogP contribution < -0.4 is 15.4 Å². The lowest BCUT2D eigenvalue weighted by atomic mass is 10.1. The Kier molecular flexibility index (Phi) is 9.75. The number of guanidine groups is 1. The van der Waals surface area contributed by atoms with Gasteiger partial charge in [0.05, 0.1) is 11.6 Å². The predicted molar refractivity (Wildman–Crippen MR) is 145 cm³/mol. The van der Waals surface area contributed by atoms with Crippen LogP contribution in [0.5, 0.6) is 5.75 Å². The summed E-state index contributed by atoms with van der Waals surface area (Å²) in [7, 11) is 1.79. The number of hydrogen-bond donors (Lipinski definition) is 2. The molecule has 1 atom stereocenters. The van der Waals surface area contributed by atoms with Gasteiger partial charge in [0.2, 0.25) is 0 Å². The van der Waals surface area contributed by atoms with Gasteiger partial charge in [-0.1, -0.05) is 36.4 Å². The Hall–Kier alpha value is -2.39. The van der Waals surface area contributed by atoms with Crippen molar-refractivity contribution in [2.24, 2.45) is 4.99 Å². The molecule has 1 aromatic heterocycles. The van der Waals surface area contributed by atoms with Crippen molar-refractivity contribution in [2.75, 3.05) is 26.8 Å². The molecule has 1 fully saturated rings. The van der Waals surface area contributed by atoms with Crippen LogP contribution >= 0.6 is 24.0 Å². The van der Waals surface area contributed by atoms with Gasteiger partial charge in [-0.2, -0.15) is 0 Å². The summed E-state index contributed by atoms with van der Waals surface area (Å²) in [6, 6.07) is 16.7. The average molecular weight is 560 g/mol. The van der Waals surface area contributed by atoms with E-state index in [0.29, 0.717) is 13.2 Å². The number of nitrogens with zero attached hydrogens (tertiary/aromatic N) is 2. The number of aryl methyl sites for hydroxylation is 1. The second kappa shape index (κ2) is 12.7. The zero-order chi connectivity index (χ0) is 22.2. The monoisotopic (exact) mass is 560 g/mol. The number of pyridine rings is 1. The van der Waals surface area contributed by atoms with Crippen molar-refractivity contribution in [1.29, 1.82) is 0 Å². The Morgan fingerprint density at radius 2 is 2.03 bits per heavy atom. The molecule has 0 amide bonds. The maximum atomic E-state index is 6.12. The van der Waals surface area contributed by atoms with Crippen molar-refractivity contribution in [3.8, 4) is 5.75 Å². The number of rotatable bonds is 8. The Balaban J connectivity index is 0.00000306. The smallest absolute Gasteiger partial charge is 0.191 e. The van der Waals surface area contributed by atoms with E-state index >= 15 is 0 Å². The SMILES string of the molecule is CN=C(NCCc1cccc2cccnc12)NCc1ccc(C)cc1OCC1CCCO1.I. The lowest BCUT2D eigenvalue weighted by Gasteiger charge is -2.17. The zero-order valence-corrected chi connectivity index (χ0v) is 21.7. The number of para-hydroxylation sites is 1. The fourth-order valence-electron chi connectivity index (χ4n) is 3.98. The van der Waals surface area contributed by atoms with E-state index in [-0.39, 0.29) is 30.1 Å². The molecule has 1 saturated heterocycles. The third-order valence-electron chi connectivity index (χ3n) is 5.74. The summed E-state index contributed by atoms with van der Waals surface area (Å²) in [5.41, 5.74) is 4.58. The van der Waals surface area contributed by atoms with E-state index in [9.17, 15) is 0 Å². The van der Waals surface area contributed by atoms with Gasteiger partial charge in [-0.15, -0.1) is 24.0 Å². The quantitative estimate of drug-likeness (QED) is 0.239. The van der Waals surface area contributed by atoms with Crippen molar-refractivity contribution < 1.29 is 9.47 Å². The number of aliphatic imine (C=N–C) groups is 1. The molecule has 0 bridgehead atoms. The number of aromatic nitrogens is 1. The van der Waals surface area contributed by atoms with Crippen LogP contribution in [0.1, 0.15) is 29.5 Å². The van der Waals surface area contributed by atoms with Crippen LogP contribution in [0.15, 0.2) is 59.7 Å². The maximum Gasteiger partial charge on any atom is 0.191 e. The van der Waals surface area contributed by atoms with Crippen LogP contribution in [0.25, 0.3) is 10.9 Å². The lowest BCUT2D eigenvalue weighted by molar-refractivity contribution is 0.0676. The van der Waals surface area contributed by atoms with Gasteiger partial charge in [-0.3, -0.25) is 9.98 Å². The molecule has 3 aromatic rings. The van der Waals surface area contributed by atoms with Crippen LogP contribution in [0, 0.1) is 6.92 Å². The first kappa shape index (κ1) is 25.2. The van der Waals surface area contributed by atoms with Crippen LogP contribution in [0.3, 0.4) is 0 Å². The van der Waals surface area contributed by atoms with Crippen molar-refractivity contribution in [3.05, 3.63) is 71.4 Å². The van der Waals surface area contributed by atoms with E-state index in [1.807, 2.05) is 12.3 Å². The third kappa shape index (κ3) is 7.04. The van der Waals surface area contributed by atoms with Crippen LogP contribution in [-0.4, -0.2) is 43.9 Å². The maximum absolute atomic E-state index is 6.12. The molecular formula is C26H33IN4O2. The number of benzene rings is 2. The molecule has 2 N–H and O–H groups in total. The van der Waals surface area contributed by atoms with E-state index in [1.165, 1.54) is 16.5 Å². The fourth-order valence-corrected chi connectivity index (χ4v) is 3.98. The highest BCUT2D eigenvalue weighted by atomic mass is 127. The highest BCUT2D eigenvalue weighted by Crippen LogP contribution is 2.22. The van der Waals surface area contributed by atoms with E-state index in [4.69, 9.17) is 9.47 Å². The Morgan fingerprint density at radius 3 is 2.85 bits per heavy atom. The highest BCUT2D eigenvalue weighted by molar-refractivity contribution is 14.0. The number of nitrogens with one attached hydrogen (secondary N) is 2. The third-order valence-corrected chi connectivity index (χ3v) is 5.74. The Morgan fingerprint density at radius 1 is 1.15 bits per heavy atom. The molecule has 4 rings (SSSR count). The van der Waals surface area contributed by atoms with Crippen LogP contribution in [0.2, 0.25) is 0 Å². The number of ether oxygens (including phenoxy) is 2. The Bertz CT molecular complexity index is 1060. The van der Waals surface area contributed by atoms with E-state index in [0.717, 1.165) is 55.2 Å². The normalized spacial score (nSPS) is 15.8. The minimum Gasteiger partial charge on any atom is -0.491 e. The molecule has 2 heterocycles. The van der Waals surface area contributed by atoms with Crippen molar-refractivity contribution in [3.63, 3.8) is 0 Å². The molecule has 2 aromatic carbocycles. The summed E-state index contributed by atoms with van der Waals surface area (Å²) in [6.45, 7) is 4.93. The van der Waals surface area contributed by atoms with Gasteiger partial charge >= 0.3 is 0 Å². The summed E-state index contributed by atoms with van der Waals surface area (Å²) in [6.07, 6.45) is 5.11. The molecule has 1 aliphatic rings. The molecule has 1 unspecified atom stereocenters. The van der Waals surface area contributed by atoms with Gasteiger partial charge in [0, 0.05) is 43.9 Å². The Labute approximate surface area is 213 Å². The molecule has 0 spiro atoms. The predicted octanol–water partition coefficient (Wildman–Crippen LogP) is 4.63. The summed E-state index contributed by atoms with van der Waals surface area (Å²) in [4.78, 5) is 8.91. The average Bonchev–Trinajstić information content (AvgIpc) is 3.34. The van der Waals surface area contributed by atoms with Gasteiger partial charge in [0.1, 0.15) is 12.4 Å². The molecule has 0 aliphatic carbocycles. The van der Waals surface area contributed by atoms with Gasteiger partial charge in [-0.25, -0.2) is 0 Å². The molecule has 1 aliphatic heterocycles. The standard InChI is InChI=1S/C26H32N4O2.HI/c1-19-10-11-22(24(16-19)32-18-23-9-5-15-31-23)17-30-26(27-2)29-14-12-21-7-3-6-20-8-4-13-28-25(20)21;/h3-4,6-8,10-11,13,16,23H,5,9,12,14-15,17-18H2,1-2H3,(H2,27,29,30);1H. The van der Waals surface area contributed by atoms with Crippen molar-refractivity contribution in [1.82, 2.24) is 15.6 Å². The first-order valence-corrected chi connectivity index (χ1v) is 11.3. The van der Waals surface area contributed by atoms with E-state index in [1.54, 1.807) is 7.05 Å². The van der Waals surface area contributed by atoms with Crippen molar-refractivity contribution in [2.45, 2.75) is 38.8 Å². The van der Waals surface area contributed by atoms with Crippen LogP contribution in [-0.2, 0) is 17.7 Å². The minimum atomic E-state index is 0. The minimum absolute atomic E-state index is 0. The van der Waals surface area contributed by atoms with Gasteiger partial charge < -0.3 is 20.1 Å². The fraction of sp³-hybridized carbons (Fsp3) is 0.385. The largest absolute Gasteiger partial charge is 0.491 e. The highest BCUT2D eigenvalue weighted by Gasteiger charge is 2.17. The molecule has 0 saturated carbocycles. The van der Waals surface area contributed by atoms with Crippen molar-refractivity contribution >= 4 is 40.8 Å². The van der Waals surface area contributed by atoms with Crippen LogP contribution in [0.4, 0.5) is 0 Å². The number of hydrogen-bond acceptors (Lipinski definition) is 4. The van der Waals surface area contributed by atoms with Gasteiger partial charge in [0.15, 0.2) is 5.96 Å². The summed E-state index contributed by atoms with van der Waals surface area (Å²) >= 11 is 0. The topological polar surface area (TPSA) is 67.8 Å². The molecule has 33 heavy (non-hydrogen) atoms. The summed E-state index contributed by atoms with van der Waals surface area (Å²) in [5.74, 6) is 1.68. The molecular weight excluding hydrogens is 527 g/mol. The number of halogens is 1. The second-order valence-electron chi connectivity index (χ2n) is 8.15. The molecule has 176 valence electrons. The van der Waals surface area contributed by atoms with Gasteiger partial charge in [0.25, 0.3) is 0 Å². The molecule has 0 radical (unpaired) electrons. The number of fused-ring (bicyclic) bond motifs is 1. The first-order chi connectivity index (χ1) is 15.7. The van der Waals surface area contributed by atoms with Gasteiger partial charge in [-0.05, 0) is 49.4 Å².